The van der Waals surface area contributed by atoms with Gasteiger partial charge in [0.25, 0.3) is 11.8 Å². The normalized spacial score (nSPS) is 22.8. The average Bonchev–Trinajstić information content (AvgIpc) is 3.75. The van der Waals surface area contributed by atoms with Gasteiger partial charge in [0.15, 0.2) is 5.82 Å². The molecule has 1 atom stereocenters. The fraction of sp³-hybridized carbons (Fsp3) is 0.625. The summed E-state index contributed by atoms with van der Waals surface area (Å²) in [5.74, 6) is 2.37. The molecule has 1 unspecified atom stereocenters. The molecule has 12 heteroatoms. The van der Waals surface area contributed by atoms with E-state index in [1.165, 1.54) is 49.8 Å². The standard InChI is InChI=1S/C40H54N8O4/c1-5-48(28(2)3)38(49)31-20-29(4)8-9-34(31)52-37-36(42-27-43-44-37)47-24-39(25-47)21-30(22-39)51-35-10-14-41-33-11-17-45(23-32(33)35)15-7-16-46-18-13-40(26-46)12-6-19-50-40/h8-10,14,20,27-28,30H,5-7,11-13,15-19,21-26H2,1-4H3. The van der Waals surface area contributed by atoms with Gasteiger partial charge in [-0.3, -0.25) is 14.7 Å². The number of rotatable bonds is 12. The minimum absolute atomic E-state index is 0.0634. The number of carbonyl (C=O) groups is 1. The van der Waals surface area contributed by atoms with Gasteiger partial charge in [-0.1, -0.05) is 11.6 Å². The van der Waals surface area contributed by atoms with Gasteiger partial charge in [0, 0.05) is 87.8 Å². The Morgan fingerprint density at radius 3 is 2.69 bits per heavy atom. The fourth-order valence-electron chi connectivity index (χ4n) is 9.27. The van der Waals surface area contributed by atoms with Crippen molar-refractivity contribution in [2.24, 2.45) is 5.41 Å². The van der Waals surface area contributed by atoms with Crippen molar-refractivity contribution in [1.29, 1.82) is 0 Å². The molecule has 8 rings (SSSR count). The van der Waals surface area contributed by atoms with Gasteiger partial charge in [-0.25, -0.2) is 4.98 Å². The molecule has 2 spiro atoms. The first-order chi connectivity index (χ1) is 25.2. The number of fused-ring (bicyclic) bond motifs is 1. The van der Waals surface area contributed by atoms with Crippen LogP contribution in [0.1, 0.15) is 86.5 Å². The molecule has 2 aromatic heterocycles. The molecule has 4 fully saturated rings. The Morgan fingerprint density at radius 1 is 1.06 bits per heavy atom. The third kappa shape index (κ3) is 7.09. The molecule has 3 aromatic rings. The smallest absolute Gasteiger partial charge is 0.282 e. The van der Waals surface area contributed by atoms with Crippen LogP contribution in [0.15, 0.2) is 36.8 Å². The molecule has 1 saturated carbocycles. The number of ether oxygens (including phenoxy) is 3. The van der Waals surface area contributed by atoms with Crippen molar-refractivity contribution in [1.82, 2.24) is 34.9 Å². The van der Waals surface area contributed by atoms with Crippen molar-refractivity contribution >= 4 is 11.7 Å². The molecule has 278 valence electrons. The van der Waals surface area contributed by atoms with E-state index < -0.39 is 0 Å². The third-order valence-electron chi connectivity index (χ3n) is 12.0. The Morgan fingerprint density at radius 2 is 1.90 bits per heavy atom. The number of amides is 1. The van der Waals surface area contributed by atoms with Crippen molar-refractivity contribution < 1.29 is 19.0 Å². The molecule has 52 heavy (non-hydrogen) atoms. The van der Waals surface area contributed by atoms with Crippen LogP contribution in [0.25, 0.3) is 0 Å². The number of hydrogen-bond donors (Lipinski definition) is 0. The molecule has 1 amide bonds. The minimum atomic E-state index is -0.0634. The van der Waals surface area contributed by atoms with Gasteiger partial charge in [-0.2, -0.15) is 0 Å². The number of aromatic nitrogens is 4. The maximum atomic E-state index is 13.5. The van der Waals surface area contributed by atoms with E-state index in [1.54, 1.807) is 0 Å². The van der Waals surface area contributed by atoms with Gasteiger partial charge in [0.2, 0.25) is 0 Å². The molecule has 4 aliphatic heterocycles. The van der Waals surface area contributed by atoms with Crippen LogP contribution in [-0.2, 0) is 17.7 Å². The molecular weight excluding hydrogens is 656 g/mol. The summed E-state index contributed by atoms with van der Waals surface area (Å²) in [7, 11) is 0. The zero-order valence-corrected chi connectivity index (χ0v) is 31.4. The van der Waals surface area contributed by atoms with Crippen LogP contribution < -0.4 is 14.4 Å². The topological polar surface area (TPSA) is 109 Å². The molecule has 1 aliphatic carbocycles. The molecule has 0 radical (unpaired) electrons. The highest BCUT2D eigenvalue weighted by molar-refractivity contribution is 5.97. The Kier molecular flexibility index (Phi) is 9.82. The highest BCUT2D eigenvalue weighted by Gasteiger charge is 2.54. The summed E-state index contributed by atoms with van der Waals surface area (Å²) in [6.45, 7) is 17.8. The van der Waals surface area contributed by atoms with E-state index in [9.17, 15) is 4.79 Å². The number of anilines is 1. The molecule has 0 bridgehead atoms. The predicted molar refractivity (Wildman–Crippen MR) is 198 cm³/mol. The van der Waals surface area contributed by atoms with Crippen LogP contribution >= 0.6 is 0 Å². The van der Waals surface area contributed by atoms with E-state index in [2.05, 4.69) is 35.9 Å². The van der Waals surface area contributed by atoms with Crippen molar-refractivity contribution in [3.63, 3.8) is 0 Å². The number of nitrogens with zero attached hydrogens (tertiary/aromatic N) is 8. The van der Waals surface area contributed by atoms with Gasteiger partial charge < -0.3 is 28.9 Å². The number of aryl methyl sites for hydroxylation is 1. The molecular formula is C40H54N8O4. The zero-order chi connectivity index (χ0) is 35.9. The summed E-state index contributed by atoms with van der Waals surface area (Å²) in [5, 5.41) is 8.35. The van der Waals surface area contributed by atoms with Gasteiger partial charge in [-0.15, -0.1) is 10.2 Å². The van der Waals surface area contributed by atoms with Crippen LogP contribution in [0.3, 0.4) is 0 Å². The second-order valence-corrected chi connectivity index (χ2v) is 16.2. The summed E-state index contributed by atoms with van der Waals surface area (Å²) in [5.41, 5.74) is 4.30. The van der Waals surface area contributed by atoms with Crippen LogP contribution in [0.4, 0.5) is 5.82 Å². The van der Waals surface area contributed by atoms with Crippen LogP contribution in [0.2, 0.25) is 0 Å². The lowest BCUT2D eigenvalue weighted by Crippen LogP contribution is -2.65. The number of carbonyl (C=O) groups excluding carboxylic acids is 1. The summed E-state index contributed by atoms with van der Waals surface area (Å²) in [6, 6.07) is 7.80. The van der Waals surface area contributed by atoms with E-state index in [1.807, 2.05) is 57.0 Å². The second kappa shape index (κ2) is 14.5. The first-order valence-electron chi connectivity index (χ1n) is 19.5. The van der Waals surface area contributed by atoms with Crippen molar-refractivity contribution in [2.75, 3.05) is 63.9 Å². The predicted octanol–water partition coefficient (Wildman–Crippen LogP) is 5.29. The summed E-state index contributed by atoms with van der Waals surface area (Å²) < 4.78 is 19.2. The van der Waals surface area contributed by atoms with E-state index in [0.29, 0.717) is 29.6 Å². The number of benzene rings is 1. The Labute approximate surface area is 307 Å². The Hall–Kier alpha value is -3.87. The van der Waals surface area contributed by atoms with Crippen molar-refractivity contribution in [2.45, 2.75) is 96.9 Å². The van der Waals surface area contributed by atoms with E-state index >= 15 is 0 Å². The minimum Gasteiger partial charge on any atom is -0.490 e. The molecule has 3 saturated heterocycles. The highest BCUT2D eigenvalue weighted by Crippen LogP contribution is 2.52. The van der Waals surface area contributed by atoms with Gasteiger partial charge in [0.05, 0.1) is 11.2 Å². The van der Waals surface area contributed by atoms with Gasteiger partial charge in [-0.05, 0) is 97.5 Å². The summed E-state index contributed by atoms with van der Waals surface area (Å²) in [6.07, 6.45) is 11.4. The fourth-order valence-corrected chi connectivity index (χ4v) is 9.27. The van der Waals surface area contributed by atoms with E-state index in [0.717, 1.165) is 83.0 Å². The van der Waals surface area contributed by atoms with Crippen LogP contribution in [0.5, 0.6) is 17.4 Å². The SMILES string of the molecule is CCN(C(=O)c1cc(C)ccc1Oc1nncnc1N1CC2(CC(Oc3ccnc4c3CN(CCCN3CCC5(CCCO5)C3)CC4)C2)C1)C(C)C. The average molecular weight is 711 g/mol. The second-order valence-electron chi connectivity index (χ2n) is 16.2. The summed E-state index contributed by atoms with van der Waals surface area (Å²) >= 11 is 0. The molecule has 6 heterocycles. The molecule has 5 aliphatic rings. The summed E-state index contributed by atoms with van der Waals surface area (Å²) in [4.78, 5) is 32.1. The van der Waals surface area contributed by atoms with E-state index in [-0.39, 0.29) is 29.1 Å². The number of hydrogen-bond acceptors (Lipinski definition) is 11. The lowest BCUT2D eigenvalue weighted by molar-refractivity contribution is -0.0353. The monoisotopic (exact) mass is 710 g/mol. The maximum absolute atomic E-state index is 13.5. The van der Waals surface area contributed by atoms with E-state index in [4.69, 9.17) is 19.2 Å². The first kappa shape index (κ1) is 35.2. The quantitative estimate of drug-likeness (QED) is 0.245. The molecule has 1 aromatic carbocycles. The molecule has 0 N–H and O–H groups in total. The lowest BCUT2D eigenvalue weighted by Gasteiger charge is -2.58. The van der Waals surface area contributed by atoms with Gasteiger partial charge in [0.1, 0.15) is 23.9 Å². The first-order valence-corrected chi connectivity index (χ1v) is 19.5. The molecule has 12 nitrogen and oxygen atoms in total. The maximum Gasteiger partial charge on any atom is 0.282 e. The number of pyridine rings is 1. The van der Waals surface area contributed by atoms with Crippen LogP contribution in [0, 0.1) is 12.3 Å². The largest absolute Gasteiger partial charge is 0.490 e. The van der Waals surface area contributed by atoms with Crippen molar-refractivity contribution in [3.05, 3.63) is 59.2 Å². The third-order valence-corrected chi connectivity index (χ3v) is 12.0. The van der Waals surface area contributed by atoms with Crippen molar-refractivity contribution in [3.8, 4) is 17.4 Å². The Balaban J connectivity index is 0.849. The Bertz CT molecular complexity index is 1750. The number of likely N-dealkylation sites (tertiary alicyclic amines) is 1. The lowest BCUT2D eigenvalue weighted by atomic mass is 9.61. The zero-order valence-electron chi connectivity index (χ0n) is 31.4. The van der Waals surface area contributed by atoms with Crippen LogP contribution in [-0.4, -0.2) is 117 Å². The van der Waals surface area contributed by atoms with Gasteiger partial charge >= 0.3 is 0 Å². The highest BCUT2D eigenvalue weighted by atomic mass is 16.5.